The van der Waals surface area contributed by atoms with Gasteiger partial charge in [0.2, 0.25) is 5.91 Å². The number of benzene rings is 1. The number of halogens is 1. The van der Waals surface area contributed by atoms with Crippen LogP contribution in [0.3, 0.4) is 0 Å². The van der Waals surface area contributed by atoms with Gasteiger partial charge in [-0.2, -0.15) is 0 Å². The van der Waals surface area contributed by atoms with Crippen molar-refractivity contribution in [2.45, 2.75) is 0 Å². The van der Waals surface area contributed by atoms with Gasteiger partial charge in [0.15, 0.2) is 0 Å². The van der Waals surface area contributed by atoms with Crippen molar-refractivity contribution in [2.75, 3.05) is 7.11 Å². The molecule has 1 rings (SSSR count). The monoisotopic (exact) mass is 214 g/mol. The molecule has 0 saturated heterocycles. The van der Waals surface area contributed by atoms with Crippen molar-refractivity contribution in [3.8, 4) is 5.75 Å². The second-order valence-electron chi connectivity index (χ2n) is 2.47. The standard InChI is InChI=1S/C8H7ClN2O3/c1-14-6-3-4(8(10)12)2-5(11-13)7(6)9/h2-3H,1H3,(H2,10,12). The Morgan fingerprint density at radius 1 is 1.57 bits per heavy atom. The largest absolute Gasteiger partial charge is 0.495 e. The second-order valence-corrected chi connectivity index (χ2v) is 2.85. The molecule has 0 atom stereocenters. The number of ether oxygens (including phenoxy) is 1. The molecule has 6 heteroatoms. The zero-order chi connectivity index (χ0) is 10.7. The van der Waals surface area contributed by atoms with Crippen molar-refractivity contribution < 1.29 is 9.53 Å². The number of carbonyl (C=O) groups is 1. The molecule has 0 radical (unpaired) electrons. The summed E-state index contributed by atoms with van der Waals surface area (Å²) in [6.07, 6.45) is 0. The zero-order valence-corrected chi connectivity index (χ0v) is 8.04. The van der Waals surface area contributed by atoms with Crippen molar-refractivity contribution in [3.63, 3.8) is 0 Å². The van der Waals surface area contributed by atoms with Gasteiger partial charge in [0.05, 0.1) is 7.11 Å². The molecule has 5 nitrogen and oxygen atoms in total. The Hall–Kier alpha value is -1.62. The summed E-state index contributed by atoms with van der Waals surface area (Å²) >= 11 is 5.71. The van der Waals surface area contributed by atoms with Crippen LogP contribution in [-0.2, 0) is 0 Å². The van der Waals surface area contributed by atoms with Crippen molar-refractivity contribution in [1.82, 2.24) is 0 Å². The van der Waals surface area contributed by atoms with E-state index in [1.165, 1.54) is 19.2 Å². The summed E-state index contributed by atoms with van der Waals surface area (Å²) < 4.78 is 4.84. The summed E-state index contributed by atoms with van der Waals surface area (Å²) in [5.74, 6) is -0.484. The van der Waals surface area contributed by atoms with Gasteiger partial charge in [-0.25, -0.2) is 0 Å². The van der Waals surface area contributed by atoms with Crippen LogP contribution in [0.15, 0.2) is 17.3 Å². The number of nitrogens with two attached hydrogens (primary N) is 1. The van der Waals surface area contributed by atoms with Gasteiger partial charge in [0.1, 0.15) is 16.5 Å². The maximum atomic E-state index is 10.8. The zero-order valence-electron chi connectivity index (χ0n) is 7.28. The average Bonchev–Trinajstić information content (AvgIpc) is 2.17. The Bertz CT molecular complexity index is 392. The maximum Gasteiger partial charge on any atom is 0.248 e. The number of rotatable bonds is 3. The Balaban J connectivity index is 3.39. The predicted octanol–water partition coefficient (Wildman–Crippen LogP) is 1.85. The minimum atomic E-state index is -0.676. The molecule has 0 saturated carbocycles. The fourth-order valence-electron chi connectivity index (χ4n) is 0.940. The fourth-order valence-corrected chi connectivity index (χ4v) is 1.16. The van der Waals surface area contributed by atoms with Crippen LogP contribution in [0, 0.1) is 4.91 Å². The number of amides is 1. The van der Waals surface area contributed by atoms with Gasteiger partial charge in [-0.1, -0.05) is 11.6 Å². The smallest absolute Gasteiger partial charge is 0.248 e. The molecule has 74 valence electrons. The molecule has 1 aromatic carbocycles. The summed E-state index contributed by atoms with van der Waals surface area (Å²) in [7, 11) is 1.36. The summed E-state index contributed by atoms with van der Waals surface area (Å²) in [6, 6.07) is 2.56. The normalized spacial score (nSPS) is 9.57. The van der Waals surface area contributed by atoms with Crippen LogP contribution in [0.4, 0.5) is 5.69 Å². The van der Waals surface area contributed by atoms with E-state index in [1.807, 2.05) is 0 Å². The number of primary amides is 1. The van der Waals surface area contributed by atoms with Gasteiger partial charge in [0, 0.05) is 5.56 Å². The third-order valence-electron chi connectivity index (χ3n) is 1.62. The second kappa shape index (κ2) is 4.06. The first-order valence-corrected chi connectivity index (χ1v) is 3.98. The molecule has 0 fully saturated rings. The molecule has 0 heterocycles. The summed E-state index contributed by atoms with van der Waals surface area (Å²) in [6.45, 7) is 0. The molecule has 0 unspecified atom stereocenters. The Kier molecular flexibility index (Phi) is 3.03. The van der Waals surface area contributed by atoms with E-state index >= 15 is 0 Å². The minimum Gasteiger partial charge on any atom is -0.495 e. The minimum absolute atomic E-state index is 0.0625. The van der Waals surface area contributed by atoms with Crippen molar-refractivity contribution in [2.24, 2.45) is 10.9 Å². The third-order valence-corrected chi connectivity index (χ3v) is 2.00. The maximum absolute atomic E-state index is 10.8. The Morgan fingerprint density at radius 2 is 2.21 bits per heavy atom. The van der Waals surface area contributed by atoms with E-state index in [1.54, 1.807) is 0 Å². The van der Waals surface area contributed by atoms with Crippen LogP contribution >= 0.6 is 11.6 Å². The molecule has 0 aromatic heterocycles. The van der Waals surface area contributed by atoms with Crippen molar-refractivity contribution in [1.29, 1.82) is 0 Å². The van der Waals surface area contributed by atoms with Crippen LogP contribution < -0.4 is 10.5 Å². The number of hydrogen-bond acceptors (Lipinski definition) is 4. The lowest BCUT2D eigenvalue weighted by Gasteiger charge is -2.05. The predicted molar refractivity (Wildman–Crippen MR) is 52.0 cm³/mol. The Morgan fingerprint density at radius 3 is 2.64 bits per heavy atom. The number of hydrogen-bond donors (Lipinski definition) is 1. The number of methoxy groups -OCH3 is 1. The highest BCUT2D eigenvalue weighted by Gasteiger charge is 2.12. The molecule has 0 aliphatic carbocycles. The lowest BCUT2D eigenvalue weighted by molar-refractivity contribution is 0.1000. The molecular weight excluding hydrogens is 208 g/mol. The van der Waals surface area contributed by atoms with Crippen LogP contribution in [-0.4, -0.2) is 13.0 Å². The molecule has 14 heavy (non-hydrogen) atoms. The van der Waals surface area contributed by atoms with Gasteiger partial charge < -0.3 is 10.5 Å². The Labute approximate surface area is 84.8 Å². The van der Waals surface area contributed by atoms with Crippen molar-refractivity contribution >= 4 is 23.2 Å². The van der Waals surface area contributed by atoms with E-state index in [2.05, 4.69) is 5.18 Å². The summed E-state index contributed by atoms with van der Waals surface area (Å²) in [5.41, 5.74) is 5.09. The number of carbonyl (C=O) groups excluding carboxylic acids is 1. The molecule has 1 amide bonds. The molecular formula is C8H7ClN2O3. The molecule has 0 aliphatic heterocycles. The van der Waals surface area contributed by atoms with Gasteiger partial charge in [0.25, 0.3) is 0 Å². The first-order chi connectivity index (χ1) is 6.60. The summed E-state index contributed by atoms with van der Waals surface area (Å²) in [4.78, 5) is 21.2. The fraction of sp³-hybridized carbons (Fsp3) is 0.125. The van der Waals surface area contributed by atoms with Gasteiger partial charge in [-0.15, -0.1) is 4.91 Å². The molecule has 0 spiro atoms. The van der Waals surface area contributed by atoms with E-state index in [-0.39, 0.29) is 22.0 Å². The number of nitrogens with zero attached hydrogens (tertiary/aromatic N) is 1. The quantitative estimate of drug-likeness (QED) is 0.780. The lowest BCUT2D eigenvalue weighted by atomic mass is 10.2. The van der Waals surface area contributed by atoms with E-state index < -0.39 is 5.91 Å². The third kappa shape index (κ3) is 1.82. The first kappa shape index (κ1) is 10.5. The van der Waals surface area contributed by atoms with Crippen molar-refractivity contribution in [3.05, 3.63) is 27.6 Å². The average molecular weight is 215 g/mol. The SMILES string of the molecule is COc1cc(C(N)=O)cc(N=O)c1Cl. The highest BCUT2D eigenvalue weighted by molar-refractivity contribution is 6.34. The van der Waals surface area contributed by atoms with Gasteiger partial charge in [-0.3, -0.25) is 4.79 Å². The topological polar surface area (TPSA) is 81.8 Å². The van der Waals surface area contributed by atoms with Crippen LogP contribution in [0.5, 0.6) is 5.75 Å². The first-order valence-electron chi connectivity index (χ1n) is 3.61. The van der Waals surface area contributed by atoms with E-state index in [4.69, 9.17) is 22.1 Å². The van der Waals surface area contributed by atoms with Crippen LogP contribution in [0.2, 0.25) is 5.02 Å². The highest BCUT2D eigenvalue weighted by atomic mass is 35.5. The van der Waals surface area contributed by atoms with E-state index in [9.17, 15) is 9.70 Å². The summed E-state index contributed by atoms with van der Waals surface area (Å²) in [5, 5.41) is 2.71. The van der Waals surface area contributed by atoms with Crippen LogP contribution in [0.25, 0.3) is 0 Å². The number of nitroso groups, excluding NO2 is 1. The molecule has 1 aromatic rings. The van der Waals surface area contributed by atoms with Crippen LogP contribution in [0.1, 0.15) is 10.4 Å². The molecule has 0 bridgehead atoms. The molecule has 2 N–H and O–H groups in total. The highest BCUT2D eigenvalue weighted by Crippen LogP contribution is 2.35. The van der Waals surface area contributed by atoms with Gasteiger partial charge in [-0.05, 0) is 17.3 Å². The van der Waals surface area contributed by atoms with E-state index in [0.29, 0.717) is 0 Å². The molecule has 0 aliphatic rings. The lowest BCUT2D eigenvalue weighted by Crippen LogP contribution is -2.10. The van der Waals surface area contributed by atoms with Gasteiger partial charge >= 0.3 is 0 Å². The van der Waals surface area contributed by atoms with E-state index in [0.717, 1.165) is 0 Å².